The van der Waals surface area contributed by atoms with Gasteiger partial charge in [-0.2, -0.15) is 0 Å². The molecule has 0 saturated heterocycles. The minimum absolute atomic E-state index is 0.0788. The van der Waals surface area contributed by atoms with E-state index in [0.717, 1.165) is 6.42 Å². The van der Waals surface area contributed by atoms with E-state index in [4.69, 9.17) is 4.74 Å². The monoisotopic (exact) mass is 263 g/mol. The highest BCUT2D eigenvalue weighted by Gasteiger charge is 2.18. The smallest absolute Gasteiger partial charge is 0.258 e. The van der Waals surface area contributed by atoms with Gasteiger partial charge >= 0.3 is 0 Å². The fraction of sp³-hybridized carbons (Fsp3) is 0.467. The molecular formula is C15H21NO3. The number of ether oxygens (including phenoxy) is 1. The lowest BCUT2D eigenvalue weighted by Gasteiger charge is -2.24. The number of benzene rings is 1. The Morgan fingerprint density at radius 1 is 1.26 bits per heavy atom. The van der Waals surface area contributed by atoms with Crippen molar-refractivity contribution in [2.75, 3.05) is 6.61 Å². The molecule has 0 unspecified atom stereocenters. The van der Waals surface area contributed by atoms with Crippen LogP contribution in [0.4, 0.5) is 0 Å². The number of para-hydroxylation sites is 1. The van der Waals surface area contributed by atoms with Gasteiger partial charge in [0.1, 0.15) is 5.75 Å². The number of hydrogen-bond acceptors (Lipinski definition) is 3. The molecule has 0 fully saturated rings. The molecule has 0 aromatic heterocycles. The van der Waals surface area contributed by atoms with E-state index in [-0.39, 0.29) is 23.8 Å². The van der Waals surface area contributed by atoms with Crippen LogP contribution in [0.3, 0.4) is 0 Å². The van der Waals surface area contributed by atoms with E-state index in [2.05, 4.69) is 5.32 Å². The SMILES string of the molecule is CCC(C)(C)NC(=O)COc1ccccc1C(C)=O. The lowest BCUT2D eigenvalue weighted by Crippen LogP contribution is -2.44. The maximum absolute atomic E-state index is 11.8. The molecule has 4 heteroatoms. The van der Waals surface area contributed by atoms with Crippen LogP contribution in [0, 0.1) is 0 Å². The van der Waals surface area contributed by atoms with Crippen molar-refractivity contribution in [3.05, 3.63) is 29.8 Å². The van der Waals surface area contributed by atoms with Crippen LogP contribution in [0.25, 0.3) is 0 Å². The van der Waals surface area contributed by atoms with Crippen LogP contribution in [0.15, 0.2) is 24.3 Å². The summed E-state index contributed by atoms with van der Waals surface area (Å²) in [5, 5.41) is 2.88. The van der Waals surface area contributed by atoms with Gasteiger partial charge in [-0.25, -0.2) is 0 Å². The van der Waals surface area contributed by atoms with Gasteiger partial charge in [-0.1, -0.05) is 19.1 Å². The zero-order valence-corrected chi connectivity index (χ0v) is 11.9. The summed E-state index contributed by atoms with van der Waals surface area (Å²) >= 11 is 0. The van der Waals surface area contributed by atoms with Gasteiger partial charge in [0.2, 0.25) is 0 Å². The molecule has 1 N–H and O–H groups in total. The second-order valence-corrected chi connectivity index (χ2v) is 5.13. The molecule has 0 aliphatic rings. The molecule has 1 amide bonds. The lowest BCUT2D eigenvalue weighted by molar-refractivity contribution is -0.124. The Morgan fingerprint density at radius 2 is 1.89 bits per heavy atom. The molecule has 19 heavy (non-hydrogen) atoms. The summed E-state index contributed by atoms with van der Waals surface area (Å²) in [6.45, 7) is 7.30. The molecule has 1 aromatic carbocycles. The third-order valence-corrected chi connectivity index (χ3v) is 2.99. The highest BCUT2D eigenvalue weighted by molar-refractivity contribution is 5.96. The molecule has 0 saturated carbocycles. The Bertz CT molecular complexity index is 466. The number of hydrogen-bond donors (Lipinski definition) is 1. The first-order valence-electron chi connectivity index (χ1n) is 6.39. The Morgan fingerprint density at radius 3 is 2.47 bits per heavy atom. The summed E-state index contributed by atoms with van der Waals surface area (Å²) in [5.74, 6) is 0.176. The average Bonchev–Trinajstić information content (AvgIpc) is 2.36. The van der Waals surface area contributed by atoms with Crippen LogP contribution in [0.1, 0.15) is 44.5 Å². The van der Waals surface area contributed by atoms with E-state index in [1.807, 2.05) is 20.8 Å². The normalized spacial score (nSPS) is 10.9. The van der Waals surface area contributed by atoms with Crippen LogP contribution >= 0.6 is 0 Å². The summed E-state index contributed by atoms with van der Waals surface area (Å²) in [6, 6.07) is 6.92. The summed E-state index contributed by atoms with van der Waals surface area (Å²) in [5.41, 5.74) is 0.241. The molecule has 0 radical (unpaired) electrons. The molecule has 0 spiro atoms. The Balaban J connectivity index is 2.63. The van der Waals surface area contributed by atoms with Gasteiger partial charge in [0.15, 0.2) is 12.4 Å². The van der Waals surface area contributed by atoms with Crippen LogP contribution < -0.4 is 10.1 Å². The minimum atomic E-state index is -0.249. The van der Waals surface area contributed by atoms with E-state index in [1.165, 1.54) is 6.92 Å². The number of carbonyl (C=O) groups is 2. The maximum atomic E-state index is 11.8. The zero-order valence-electron chi connectivity index (χ0n) is 11.9. The van der Waals surface area contributed by atoms with Gasteiger partial charge in [-0.15, -0.1) is 0 Å². The van der Waals surface area contributed by atoms with Crippen molar-refractivity contribution < 1.29 is 14.3 Å². The summed E-state index contributed by atoms with van der Waals surface area (Å²) in [7, 11) is 0. The Hall–Kier alpha value is -1.84. The summed E-state index contributed by atoms with van der Waals surface area (Å²) in [6.07, 6.45) is 0.836. The van der Waals surface area contributed by atoms with Crippen LogP contribution in [0.2, 0.25) is 0 Å². The zero-order chi connectivity index (χ0) is 14.5. The van der Waals surface area contributed by atoms with Gasteiger partial charge in [0.25, 0.3) is 5.91 Å². The summed E-state index contributed by atoms with van der Waals surface area (Å²) < 4.78 is 5.42. The minimum Gasteiger partial charge on any atom is -0.483 e. The van der Waals surface area contributed by atoms with Crippen molar-refractivity contribution in [1.29, 1.82) is 0 Å². The van der Waals surface area contributed by atoms with Crippen LogP contribution in [-0.2, 0) is 4.79 Å². The van der Waals surface area contributed by atoms with Crippen molar-refractivity contribution in [3.8, 4) is 5.75 Å². The predicted octanol–water partition coefficient (Wildman–Crippen LogP) is 2.57. The second-order valence-electron chi connectivity index (χ2n) is 5.13. The van der Waals surface area contributed by atoms with E-state index >= 15 is 0 Å². The lowest BCUT2D eigenvalue weighted by atomic mass is 10.0. The van der Waals surface area contributed by atoms with Gasteiger partial charge in [0, 0.05) is 5.54 Å². The van der Waals surface area contributed by atoms with Crippen molar-refractivity contribution in [1.82, 2.24) is 5.32 Å². The third kappa shape index (κ3) is 4.73. The number of amides is 1. The van der Waals surface area contributed by atoms with Gasteiger partial charge < -0.3 is 10.1 Å². The Labute approximate surface area is 114 Å². The van der Waals surface area contributed by atoms with Crippen molar-refractivity contribution in [2.24, 2.45) is 0 Å². The second kappa shape index (κ2) is 6.36. The molecule has 4 nitrogen and oxygen atoms in total. The first-order valence-corrected chi connectivity index (χ1v) is 6.39. The molecular weight excluding hydrogens is 242 g/mol. The topological polar surface area (TPSA) is 55.4 Å². The number of rotatable bonds is 6. The molecule has 1 rings (SSSR count). The third-order valence-electron chi connectivity index (χ3n) is 2.99. The van der Waals surface area contributed by atoms with Crippen molar-refractivity contribution in [2.45, 2.75) is 39.7 Å². The van der Waals surface area contributed by atoms with Crippen molar-refractivity contribution >= 4 is 11.7 Å². The highest BCUT2D eigenvalue weighted by Crippen LogP contribution is 2.18. The molecule has 0 aliphatic heterocycles. The van der Waals surface area contributed by atoms with Crippen LogP contribution in [-0.4, -0.2) is 23.8 Å². The predicted molar refractivity (Wildman–Crippen MR) is 74.5 cm³/mol. The molecule has 104 valence electrons. The van der Waals surface area contributed by atoms with E-state index in [9.17, 15) is 9.59 Å². The number of carbonyl (C=O) groups excluding carboxylic acids is 2. The molecule has 1 aromatic rings. The fourth-order valence-corrected chi connectivity index (χ4v) is 1.53. The number of ketones is 1. The molecule has 0 atom stereocenters. The first kappa shape index (κ1) is 15.2. The largest absolute Gasteiger partial charge is 0.483 e. The van der Waals surface area contributed by atoms with Gasteiger partial charge in [-0.3, -0.25) is 9.59 Å². The first-order chi connectivity index (χ1) is 8.85. The van der Waals surface area contributed by atoms with Gasteiger partial charge in [0.05, 0.1) is 5.56 Å². The number of nitrogens with one attached hydrogen (secondary N) is 1. The Kier molecular flexibility index (Phi) is 5.10. The average molecular weight is 263 g/mol. The van der Waals surface area contributed by atoms with Crippen molar-refractivity contribution in [3.63, 3.8) is 0 Å². The molecule has 0 aliphatic carbocycles. The summed E-state index contributed by atoms with van der Waals surface area (Å²) in [4.78, 5) is 23.2. The number of Topliss-reactive ketones (excluding diaryl/α,β-unsaturated/α-hetero) is 1. The van der Waals surface area contributed by atoms with Crippen LogP contribution in [0.5, 0.6) is 5.75 Å². The van der Waals surface area contributed by atoms with E-state index < -0.39 is 0 Å². The highest BCUT2D eigenvalue weighted by atomic mass is 16.5. The maximum Gasteiger partial charge on any atom is 0.258 e. The van der Waals surface area contributed by atoms with E-state index in [1.54, 1.807) is 24.3 Å². The molecule has 0 bridgehead atoms. The van der Waals surface area contributed by atoms with Gasteiger partial charge in [-0.05, 0) is 39.3 Å². The quantitative estimate of drug-likeness (QED) is 0.802. The molecule has 0 heterocycles. The fourth-order valence-electron chi connectivity index (χ4n) is 1.53. The van der Waals surface area contributed by atoms with E-state index in [0.29, 0.717) is 11.3 Å². The standard InChI is InChI=1S/C15H21NO3/c1-5-15(3,4)16-14(18)10-19-13-9-7-6-8-12(13)11(2)17/h6-9H,5,10H2,1-4H3,(H,16,18).